The van der Waals surface area contributed by atoms with Gasteiger partial charge in [0.05, 0.1) is 5.56 Å². The summed E-state index contributed by atoms with van der Waals surface area (Å²) >= 11 is 0. The van der Waals surface area contributed by atoms with Crippen molar-refractivity contribution in [1.29, 1.82) is 0 Å². The van der Waals surface area contributed by atoms with E-state index in [1.165, 1.54) is 18.2 Å². The molecule has 0 fully saturated rings. The topological polar surface area (TPSA) is 75.3 Å². The molecule has 0 spiro atoms. The van der Waals surface area contributed by atoms with E-state index in [4.69, 9.17) is 5.73 Å². The Morgan fingerprint density at radius 1 is 1.26 bits per heavy atom. The number of nitrogens with one attached hydrogen (secondary N) is 1. The maximum Gasteiger partial charge on any atom is 0.257 e. The van der Waals surface area contributed by atoms with Crippen molar-refractivity contribution in [3.05, 3.63) is 53.6 Å². The highest BCUT2D eigenvalue weighted by molar-refractivity contribution is 6.08. The summed E-state index contributed by atoms with van der Waals surface area (Å²) in [6.45, 7) is 2.05. The van der Waals surface area contributed by atoms with Gasteiger partial charge in [-0.2, -0.15) is 0 Å². The lowest BCUT2D eigenvalue weighted by atomic mass is 10.1. The maximum absolute atomic E-state index is 12.1. The van der Waals surface area contributed by atoms with Crippen molar-refractivity contribution in [1.82, 2.24) is 0 Å². The minimum atomic E-state index is -0.332. The second-order valence-corrected chi connectivity index (χ2v) is 4.28. The lowest BCUT2D eigenvalue weighted by Crippen LogP contribution is -2.14. The van der Waals surface area contributed by atoms with Gasteiger partial charge < -0.3 is 16.2 Å². The van der Waals surface area contributed by atoms with Crippen molar-refractivity contribution in [3.63, 3.8) is 0 Å². The van der Waals surface area contributed by atoms with Crippen molar-refractivity contribution in [3.8, 4) is 5.75 Å². The Morgan fingerprint density at radius 2 is 2.05 bits per heavy atom. The summed E-state index contributed by atoms with van der Waals surface area (Å²) in [6.07, 6.45) is 0.901. The highest BCUT2D eigenvalue weighted by Gasteiger charge is 2.11. The smallest absolute Gasteiger partial charge is 0.257 e. The molecule has 4 nitrogen and oxygen atoms in total. The number of nitrogens with two attached hydrogens (primary N) is 1. The quantitative estimate of drug-likeness (QED) is 0.584. The zero-order valence-corrected chi connectivity index (χ0v) is 10.7. The van der Waals surface area contributed by atoms with E-state index in [9.17, 15) is 9.90 Å². The SMILES string of the molecule is CCc1cccc(NC(=O)c2cc(O)ccc2N)c1. The van der Waals surface area contributed by atoms with Gasteiger partial charge in [0.2, 0.25) is 0 Å². The van der Waals surface area contributed by atoms with E-state index in [-0.39, 0.29) is 17.2 Å². The van der Waals surface area contributed by atoms with Gasteiger partial charge in [0, 0.05) is 11.4 Å². The number of benzene rings is 2. The van der Waals surface area contributed by atoms with Crippen LogP contribution >= 0.6 is 0 Å². The lowest BCUT2D eigenvalue weighted by Gasteiger charge is -2.09. The first-order valence-electron chi connectivity index (χ1n) is 6.09. The number of aryl methyl sites for hydroxylation is 1. The largest absolute Gasteiger partial charge is 0.508 e. The van der Waals surface area contributed by atoms with Crippen LogP contribution in [0.15, 0.2) is 42.5 Å². The molecular weight excluding hydrogens is 240 g/mol. The van der Waals surface area contributed by atoms with E-state index in [1.54, 1.807) is 0 Å². The molecule has 0 saturated heterocycles. The maximum atomic E-state index is 12.1. The van der Waals surface area contributed by atoms with Crippen LogP contribution in [0.2, 0.25) is 0 Å². The van der Waals surface area contributed by atoms with Crippen LogP contribution in [0.4, 0.5) is 11.4 Å². The van der Waals surface area contributed by atoms with Crippen LogP contribution in [0.5, 0.6) is 5.75 Å². The fourth-order valence-corrected chi connectivity index (χ4v) is 1.81. The third-order valence-electron chi connectivity index (χ3n) is 2.87. The van der Waals surface area contributed by atoms with Crippen molar-refractivity contribution in [2.45, 2.75) is 13.3 Å². The third-order valence-corrected chi connectivity index (χ3v) is 2.87. The summed E-state index contributed by atoms with van der Waals surface area (Å²) in [5.74, 6) is -0.316. The molecule has 2 aromatic rings. The number of carbonyl (C=O) groups is 1. The van der Waals surface area contributed by atoms with E-state index in [2.05, 4.69) is 5.32 Å². The molecule has 0 aromatic heterocycles. The summed E-state index contributed by atoms with van der Waals surface area (Å²) in [4.78, 5) is 12.1. The Hall–Kier alpha value is -2.49. The number of anilines is 2. The van der Waals surface area contributed by atoms with Gasteiger partial charge in [-0.1, -0.05) is 19.1 Å². The summed E-state index contributed by atoms with van der Waals surface area (Å²) in [5, 5.41) is 12.2. The van der Waals surface area contributed by atoms with Gasteiger partial charge in [0.25, 0.3) is 5.91 Å². The second kappa shape index (κ2) is 5.44. The van der Waals surface area contributed by atoms with Gasteiger partial charge in [0.15, 0.2) is 0 Å². The second-order valence-electron chi connectivity index (χ2n) is 4.28. The summed E-state index contributed by atoms with van der Waals surface area (Å²) in [7, 11) is 0. The van der Waals surface area contributed by atoms with E-state index >= 15 is 0 Å². The molecule has 0 bridgehead atoms. The molecule has 4 heteroatoms. The van der Waals surface area contributed by atoms with Crippen LogP contribution < -0.4 is 11.1 Å². The van der Waals surface area contributed by atoms with Crippen molar-refractivity contribution in [2.75, 3.05) is 11.1 Å². The Bertz CT molecular complexity index is 609. The van der Waals surface area contributed by atoms with Gasteiger partial charge in [-0.05, 0) is 42.3 Å². The van der Waals surface area contributed by atoms with Crippen molar-refractivity contribution < 1.29 is 9.90 Å². The number of nitrogen functional groups attached to an aromatic ring is 1. The molecular formula is C15H16N2O2. The monoisotopic (exact) mass is 256 g/mol. The molecule has 0 unspecified atom stereocenters. The molecule has 2 rings (SSSR count). The van der Waals surface area contributed by atoms with Crippen molar-refractivity contribution >= 4 is 17.3 Å². The van der Waals surface area contributed by atoms with Gasteiger partial charge in [-0.25, -0.2) is 0 Å². The number of phenols is 1. The first-order valence-corrected chi connectivity index (χ1v) is 6.09. The first-order chi connectivity index (χ1) is 9.10. The van der Waals surface area contributed by atoms with Gasteiger partial charge in [-0.3, -0.25) is 4.79 Å². The van der Waals surface area contributed by atoms with Crippen LogP contribution in [0.3, 0.4) is 0 Å². The molecule has 4 N–H and O–H groups in total. The number of amides is 1. The Kier molecular flexibility index (Phi) is 3.71. The lowest BCUT2D eigenvalue weighted by molar-refractivity contribution is 0.102. The molecule has 0 aliphatic rings. The molecule has 1 amide bonds. The predicted octanol–water partition coefficient (Wildman–Crippen LogP) is 2.79. The standard InChI is InChI=1S/C15H16N2O2/c1-2-10-4-3-5-11(8-10)17-15(19)13-9-12(18)6-7-14(13)16/h3-9,18H,2,16H2,1H3,(H,17,19). The summed E-state index contributed by atoms with van der Waals surface area (Å²) in [5.41, 5.74) is 8.18. The Balaban J connectivity index is 2.23. The number of carbonyl (C=O) groups excluding carboxylic acids is 1. The van der Waals surface area contributed by atoms with Crippen LogP contribution in [0.1, 0.15) is 22.8 Å². The minimum Gasteiger partial charge on any atom is -0.508 e. The van der Waals surface area contributed by atoms with Crippen LogP contribution in [0, 0.1) is 0 Å². The fourth-order valence-electron chi connectivity index (χ4n) is 1.81. The normalized spacial score (nSPS) is 10.2. The molecule has 0 radical (unpaired) electrons. The van der Waals surface area contributed by atoms with E-state index in [0.29, 0.717) is 11.4 Å². The number of aromatic hydroxyl groups is 1. The van der Waals surface area contributed by atoms with Gasteiger partial charge >= 0.3 is 0 Å². The highest BCUT2D eigenvalue weighted by Crippen LogP contribution is 2.20. The van der Waals surface area contributed by atoms with E-state index in [1.807, 2.05) is 31.2 Å². The van der Waals surface area contributed by atoms with E-state index < -0.39 is 0 Å². The van der Waals surface area contributed by atoms with E-state index in [0.717, 1.165) is 12.0 Å². The predicted molar refractivity (Wildman–Crippen MR) is 76.3 cm³/mol. The molecule has 2 aromatic carbocycles. The number of rotatable bonds is 3. The molecule has 0 aliphatic heterocycles. The molecule has 98 valence electrons. The zero-order valence-electron chi connectivity index (χ0n) is 10.7. The van der Waals surface area contributed by atoms with Crippen LogP contribution in [-0.2, 0) is 6.42 Å². The Labute approximate surface area is 111 Å². The molecule has 0 saturated carbocycles. The number of hydrogen-bond donors (Lipinski definition) is 3. The van der Waals surface area contributed by atoms with Crippen LogP contribution in [-0.4, -0.2) is 11.0 Å². The fraction of sp³-hybridized carbons (Fsp3) is 0.133. The van der Waals surface area contributed by atoms with Gasteiger partial charge in [0.1, 0.15) is 5.75 Å². The van der Waals surface area contributed by atoms with Crippen molar-refractivity contribution in [2.24, 2.45) is 0 Å². The summed E-state index contributed by atoms with van der Waals surface area (Å²) < 4.78 is 0. The minimum absolute atomic E-state index is 0.0154. The highest BCUT2D eigenvalue weighted by atomic mass is 16.3. The zero-order chi connectivity index (χ0) is 13.8. The molecule has 0 heterocycles. The average molecular weight is 256 g/mol. The third kappa shape index (κ3) is 3.04. The van der Waals surface area contributed by atoms with Gasteiger partial charge in [-0.15, -0.1) is 0 Å². The average Bonchev–Trinajstić information content (AvgIpc) is 2.41. The number of phenolic OH excluding ortho intramolecular Hbond substituents is 1. The van der Waals surface area contributed by atoms with Crippen LogP contribution in [0.25, 0.3) is 0 Å². The molecule has 19 heavy (non-hydrogen) atoms. The molecule has 0 aliphatic carbocycles. The summed E-state index contributed by atoms with van der Waals surface area (Å²) in [6, 6.07) is 11.9. The number of hydrogen-bond acceptors (Lipinski definition) is 3. The first kappa shape index (κ1) is 13.0. The Morgan fingerprint density at radius 3 is 2.79 bits per heavy atom. The molecule has 0 atom stereocenters.